The molecule has 0 radical (unpaired) electrons. The number of ether oxygens (including phenoxy) is 1. The maximum Gasteiger partial charge on any atom is 0.248 e. The monoisotopic (exact) mass is 377 g/mol. The number of pyridine rings is 1. The SMILES string of the molecule is O=C(/C=C/c1ccc(Cl)c(Cl)c1)Nc1cccnc1N1CCOCC1. The molecule has 0 saturated carbocycles. The van der Waals surface area contributed by atoms with Crippen molar-refractivity contribution in [2.45, 2.75) is 0 Å². The number of anilines is 2. The quantitative estimate of drug-likeness (QED) is 0.821. The van der Waals surface area contributed by atoms with E-state index >= 15 is 0 Å². The van der Waals surface area contributed by atoms with Gasteiger partial charge in [0.1, 0.15) is 0 Å². The van der Waals surface area contributed by atoms with Crippen LogP contribution in [-0.4, -0.2) is 37.2 Å². The van der Waals surface area contributed by atoms with E-state index in [0.29, 0.717) is 28.9 Å². The van der Waals surface area contributed by atoms with E-state index in [1.165, 1.54) is 6.08 Å². The van der Waals surface area contributed by atoms with Crippen molar-refractivity contribution in [1.82, 2.24) is 4.98 Å². The summed E-state index contributed by atoms with van der Waals surface area (Å²) in [5.74, 6) is 0.510. The predicted octanol–water partition coefficient (Wildman–Crippen LogP) is 3.88. The Hall–Kier alpha value is -2.08. The van der Waals surface area contributed by atoms with Crippen LogP contribution in [0.5, 0.6) is 0 Å². The summed E-state index contributed by atoms with van der Waals surface area (Å²) >= 11 is 11.9. The Labute approximate surface area is 156 Å². The van der Waals surface area contributed by atoms with Crippen LogP contribution in [0.4, 0.5) is 11.5 Å². The number of carbonyl (C=O) groups is 1. The van der Waals surface area contributed by atoms with Crippen molar-refractivity contribution < 1.29 is 9.53 Å². The minimum atomic E-state index is -0.242. The first kappa shape index (κ1) is 17.7. The average molecular weight is 378 g/mol. The molecule has 2 aromatic rings. The molecule has 1 aromatic heterocycles. The highest BCUT2D eigenvalue weighted by atomic mass is 35.5. The Bertz CT molecular complexity index is 790. The molecule has 1 aliphatic rings. The number of nitrogens with one attached hydrogen (secondary N) is 1. The highest BCUT2D eigenvalue weighted by Crippen LogP contribution is 2.24. The fourth-order valence-corrected chi connectivity index (χ4v) is 2.79. The second-order valence-corrected chi connectivity index (χ2v) is 6.28. The molecule has 3 rings (SSSR count). The lowest BCUT2D eigenvalue weighted by atomic mass is 10.2. The zero-order valence-electron chi connectivity index (χ0n) is 13.4. The highest BCUT2D eigenvalue weighted by molar-refractivity contribution is 6.42. The first-order chi connectivity index (χ1) is 12.1. The predicted molar refractivity (Wildman–Crippen MR) is 101 cm³/mol. The molecule has 1 saturated heterocycles. The van der Waals surface area contributed by atoms with Gasteiger partial charge in [-0.3, -0.25) is 4.79 Å². The van der Waals surface area contributed by atoms with Crippen molar-refractivity contribution in [3.63, 3.8) is 0 Å². The minimum absolute atomic E-state index is 0.242. The van der Waals surface area contributed by atoms with Crippen molar-refractivity contribution in [2.24, 2.45) is 0 Å². The summed E-state index contributed by atoms with van der Waals surface area (Å²) < 4.78 is 5.36. The molecule has 0 aliphatic carbocycles. The van der Waals surface area contributed by atoms with Gasteiger partial charge >= 0.3 is 0 Å². The smallest absolute Gasteiger partial charge is 0.248 e. The van der Waals surface area contributed by atoms with E-state index in [1.807, 2.05) is 6.07 Å². The molecule has 130 valence electrons. The zero-order valence-corrected chi connectivity index (χ0v) is 14.9. The topological polar surface area (TPSA) is 54.5 Å². The van der Waals surface area contributed by atoms with Crippen LogP contribution >= 0.6 is 23.2 Å². The molecule has 2 heterocycles. The summed E-state index contributed by atoms with van der Waals surface area (Å²) in [5.41, 5.74) is 1.47. The third kappa shape index (κ3) is 4.72. The van der Waals surface area contributed by atoms with Crippen LogP contribution in [0.1, 0.15) is 5.56 Å². The van der Waals surface area contributed by atoms with Gasteiger partial charge in [0.25, 0.3) is 0 Å². The van der Waals surface area contributed by atoms with Crippen LogP contribution in [0.2, 0.25) is 10.0 Å². The van der Waals surface area contributed by atoms with Gasteiger partial charge in [0.15, 0.2) is 5.82 Å². The standard InChI is InChI=1S/C18H17Cl2N3O2/c19-14-5-3-13(12-15(14)20)4-6-17(24)22-16-2-1-7-21-18(16)23-8-10-25-11-9-23/h1-7,12H,8-11H2,(H,22,24)/b6-4+. The summed E-state index contributed by atoms with van der Waals surface area (Å²) in [6.45, 7) is 2.81. The van der Waals surface area contributed by atoms with E-state index in [1.54, 1.807) is 36.5 Å². The summed E-state index contributed by atoms with van der Waals surface area (Å²) in [6, 6.07) is 8.82. The molecule has 0 unspecified atom stereocenters. The number of morpholine rings is 1. The maximum absolute atomic E-state index is 12.2. The molecule has 0 spiro atoms. The van der Waals surface area contributed by atoms with E-state index in [4.69, 9.17) is 27.9 Å². The Morgan fingerprint density at radius 2 is 2.00 bits per heavy atom. The van der Waals surface area contributed by atoms with E-state index in [-0.39, 0.29) is 5.91 Å². The van der Waals surface area contributed by atoms with Crippen molar-refractivity contribution in [3.05, 3.63) is 58.2 Å². The second kappa shape index (κ2) is 8.34. The molecular formula is C18H17Cl2N3O2. The lowest BCUT2D eigenvalue weighted by molar-refractivity contribution is -0.111. The van der Waals surface area contributed by atoms with Crippen LogP contribution in [0.3, 0.4) is 0 Å². The molecule has 1 amide bonds. The van der Waals surface area contributed by atoms with Crippen molar-refractivity contribution in [3.8, 4) is 0 Å². The molecular weight excluding hydrogens is 361 g/mol. The van der Waals surface area contributed by atoms with Gasteiger partial charge in [0.05, 0.1) is 28.9 Å². The number of carbonyl (C=O) groups excluding carboxylic acids is 1. The van der Waals surface area contributed by atoms with Crippen molar-refractivity contribution in [2.75, 3.05) is 36.5 Å². The van der Waals surface area contributed by atoms with Crippen LogP contribution < -0.4 is 10.2 Å². The number of aromatic nitrogens is 1. The van der Waals surface area contributed by atoms with Gasteiger partial charge in [-0.2, -0.15) is 0 Å². The third-order valence-corrected chi connectivity index (χ3v) is 4.47. The van der Waals surface area contributed by atoms with Crippen molar-refractivity contribution in [1.29, 1.82) is 0 Å². The number of rotatable bonds is 4. The Morgan fingerprint density at radius 1 is 1.20 bits per heavy atom. The van der Waals surface area contributed by atoms with Crippen LogP contribution in [0.15, 0.2) is 42.6 Å². The third-order valence-electron chi connectivity index (χ3n) is 3.73. The van der Waals surface area contributed by atoms with Crippen LogP contribution in [0, 0.1) is 0 Å². The van der Waals surface area contributed by atoms with E-state index in [0.717, 1.165) is 24.5 Å². The Kier molecular flexibility index (Phi) is 5.91. The average Bonchev–Trinajstić information content (AvgIpc) is 2.64. The van der Waals surface area contributed by atoms with Crippen LogP contribution in [0.25, 0.3) is 6.08 Å². The van der Waals surface area contributed by atoms with Gasteiger partial charge in [0, 0.05) is 25.4 Å². The summed E-state index contributed by atoms with van der Waals surface area (Å²) in [4.78, 5) is 18.7. The highest BCUT2D eigenvalue weighted by Gasteiger charge is 2.16. The molecule has 7 heteroatoms. The molecule has 1 N–H and O–H groups in total. The van der Waals surface area contributed by atoms with E-state index in [9.17, 15) is 4.79 Å². The number of nitrogens with zero attached hydrogens (tertiary/aromatic N) is 2. The molecule has 25 heavy (non-hydrogen) atoms. The fourth-order valence-electron chi connectivity index (χ4n) is 2.48. The normalized spacial score (nSPS) is 14.7. The maximum atomic E-state index is 12.2. The molecule has 1 aromatic carbocycles. The van der Waals surface area contributed by atoms with E-state index < -0.39 is 0 Å². The van der Waals surface area contributed by atoms with Gasteiger partial charge < -0.3 is 15.0 Å². The van der Waals surface area contributed by atoms with Gasteiger partial charge in [-0.25, -0.2) is 4.98 Å². The van der Waals surface area contributed by atoms with Gasteiger partial charge in [-0.1, -0.05) is 29.3 Å². The van der Waals surface area contributed by atoms with Crippen LogP contribution in [-0.2, 0) is 9.53 Å². The number of hydrogen-bond acceptors (Lipinski definition) is 4. The van der Waals surface area contributed by atoms with Gasteiger partial charge in [-0.15, -0.1) is 0 Å². The summed E-state index contributed by atoms with van der Waals surface area (Å²) in [5, 5.41) is 3.80. The fraction of sp³-hybridized carbons (Fsp3) is 0.222. The lowest BCUT2D eigenvalue weighted by Crippen LogP contribution is -2.37. The summed E-state index contributed by atoms with van der Waals surface area (Å²) in [7, 11) is 0. The largest absolute Gasteiger partial charge is 0.378 e. The first-order valence-corrected chi connectivity index (χ1v) is 8.61. The Morgan fingerprint density at radius 3 is 2.76 bits per heavy atom. The molecule has 0 atom stereocenters. The zero-order chi connectivity index (χ0) is 17.6. The first-order valence-electron chi connectivity index (χ1n) is 7.85. The second-order valence-electron chi connectivity index (χ2n) is 5.47. The number of hydrogen-bond donors (Lipinski definition) is 1. The number of halogens is 2. The lowest BCUT2D eigenvalue weighted by Gasteiger charge is -2.29. The number of benzene rings is 1. The number of amides is 1. The van der Waals surface area contributed by atoms with E-state index in [2.05, 4.69) is 15.2 Å². The Balaban J connectivity index is 1.70. The molecule has 1 fully saturated rings. The minimum Gasteiger partial charge on any atom is -0.378 e. The van der Waals surface area contributed by atoms with Crippen molar-refractivity contribution >= 4 is 46.7 Å². The molecule has 0 bridgehead atoms. The summed E-state index contributed by atoms with van der Waals surface area (Å²) in [6.07, 6.45) is 4.85. The molecule has 5 nitrogen and oxygen atoms in total. The van der Waals surface area contributed by atoms with Gasteiger partial charge in [0.2, 0.25) is 5.91 Å². The molecule has 1 aliphatic heterocycles. The van der Waals surface area contributed by atoms with Gasteiger partial charge in [-0.05, 0) is 35.9 Å².